The molecule has 3 aliphatic rings. The summed E-state index contributed by atoms with van der Waals surface area (Å²) in [6, 6.07) is -0.157. The largest absolute Gasteiger partial charge is 0.460 e. The fraction of sp³-hybridized carbons (Fsp3) is 0.811. The minimum absolute atomic E-state index is 0.0429. The average Bonchev–Trinajstić information content (AvgIpc) is 3.86. The van der Waals surface area contributed by atoms with E-state index in [0.717, 1.165) is 25.7 Å². The molecule has 1 amide bonds. The maximum absolute atomic E-state index is 14.6. The van der Waals surface area contributed by atoms with Gasteiger partial charge in [-0.1, -0.05) is 12.8 Å². The van der Waals surface area contributed by atoms with Crippen molar-refractivity contribution in [2.24, 2.45) is 0 Å². The zero-order chi connectivity index (χ0) is 41.3. The van der Waals surface area contributed by atoms with Crippen LogP contribution in [0.3, 0.4) is 0 Å². The molecule has 2 aliphatic heterocycles. The fourth-order valence-electron chi connectivity index (χ4n) is 7.37. The van der Waals surface area contributed by atoms with Crippen molar-refractivity contribution in [3.05, 3.63) is 11.5 Å². The van der Waals surface area contributed by atoms with Gasteiger partial charge in [-0.05, 0) is 93.7 Å². The quantitative estimate of drug-likeness (QED) is 0.0931. The van der Waals surface area contributed by atoms with Gasteiger partial charge in [0, 0.05) is 26.0 Å². The van der Waals surface area contributed by atoms with Crippen molar-refractivity contribution < 1.29 is 56.4 Å². The maximum Gasteiger partial charge on any atom is 0.416 e. The summed E-state index contributed by atoms with van der Waals surface area (Å²) in [6.45, 7) is 17.3. The van der Waals surface area contributed by atoms with E-state index >= 15 is 0 Å². The van der Waals surface area contributed by atoms with Crippen LogP contribution in [-0.4, -0.2) is 112 Å². The second kappa shape index (κ2) is 17.4. The maximum atomic E-state index is 14.6. The van der Waals surface area contributed by atoms with Gasteiger partial charge in [0.1, 0.15) is 29.5 Å². The fourth-order valence-corrected chi connectivity index (χ4v) is 9.66. The number of fused-ring (bicyclic) bond motifs is 2. The molecule has 0 radical (unpaired) electrons. The van der Waals surface area contributed by atoms with Crippen LogP contribution in [0.5, 0.6) is 0 Å². The highest BCUT2D eigenvalue weighted by atomic mass is 35.5. The Bertz CT molecular complexity index is 1730. The van der Waals surface area contributed by atoms with Crippen LogP contribution in [0.1, 0.15) is 114 Å². The van der Waals surface area contributed by atoms with Crippen LogP contribution < -0.4 is 4.90 Å². The Hall–Kier alpha value is -2.47. The van der Waals surface area contributed by atoms with Crippen molar-refractivity contribution in [2.75, 3.05) is 38.4 Å². The second-order valence-corrected chi connectivity index (χ2v) is 19.3. The number of hydrogen-bond donors (Lipinski definition) is 0. The Kier molecular flexibility index (Phi) is 13.9. The number of hydrogen-bond acceptors (Lipinski definition) is 15. The molecule has 1 saturated carbocycles. The molecule has 0 bridgehead atoms. The Balaban J connectivity index is 1.51. The third-order valence-corrected chi connectivity index (χ3v) is 12.2. The summed E-state index contributed by atoms with van der Waals surface area (Å²) in [4.78, 5) is 37.4. The summed E-state index contributed by atoms with van der Waals surface area (Å²) in [5.41, 5.74) is -1.19. The minimum atomic E-state index is -4.12. The van der Waals surface area contributed by atoms with Gasteiger partial charge < -0.3 is 42.2 Å². The molecular formula is C37H59ClN5O12P. The van der Waals surface area contributed by atoms with E-state index in [4.69, 9.17) is 53.8 Å². The number of amides is 1. The number of nitrogens with zero attached hydrogens (tertiary/aromatic N) is 5. The van der Waals surface area contributed by atoms with E-state index in [1.165, 1.54) is 11.8 Å². The standard InChI is InChI=1S/C37H59ClN5O12P/c1-12-49-56(46,50-13-2)37(22-47-11,19-18-26(44)52-34(3,4)5)48-21-25-27-28(54-36(9,10)53-27)31(51-25)43-30-24(20-39-43)29(40-32(38)41-30)42(23-16-14-15-17-23)33(45)55-35(6,7)8/h20,23,25,27-28,31H,12-19,21-22H2,1-11H3/t25-,27-,28-,31-,37?/m1/s1. The van der Waals surface area contributed by atoms with Gasteiger partial charge in [0.25, 0.3) is 0 Å². The van der Waals surface area contributed by atoms with Gasteiger partial charge in [0.2, 0.25) is 5.28 Å². The summed E-state index contributed by atoms with van der Waals surface area (Å²) in [5.74, 6) is -1.27. The highest BCUT2D eigenvalue weighted by Gasteiger charge is 2.59. The van der Waals surface area contributed by atoms with Gasteiger partial charge in [-0.3, -0.25) is 14.3 Å². The lowest BCUT2D eigenvalue weighted by atomic mass is 10.1. The Morgan fingerprint density at radius 3 is 2.21 bits per heavy atom. The molecule has 1 unspecified atom stereocenters. The van der Waals surface area contributed by atoms with Crippen LogP contribution in [-0.2, 0) is 51.6 Å². The summed E-state index contributed by atoms with van der Waals surface area (Å²) < 4.78 is 70.8. The number of carbonyl (C=O) groups is 2. The molecule has 17 nitrogen and oxygen atoms in total. The van der Waals surface area contributed by atoms with E-state index in [0.29, 0.717) is 11.0 Å². The minimum Gasteiger partial charge on any atom is -0.460 e. The average molecular weight is 832 g/mol. The lowest BCUT2D eigenvalue weighted by molar-refractivity contribution is -0.207. The van der Waals surface area contributed by atoms with E-state index in [2.05, 4.69) is 15.1 Å². The molecule has 56 heavy (non-hydrogen) atoms. The van der Waals surface area contributed by atoms with Gasteiger partial charge in [0.05, 0.1) is 38.0 Å². The molecular weight excluding hydrogens is 773 g/mol. The molecule has 19 heteroatoms. The molecule has 5 atom stereocenters. The van der Waals surface area contributed by atoms with Crippen LogP contribution >= 0.6 is 19.2 Å². The van der Waals surface area contributed by atoms with E-state index in [1.54, 1.807) is 59.6 Å². The van der Waals surface area contributed by atoms with Gasteiger partial charge >= 0.3 is 19.7 Å². The van der Waals surface area contributed by atoms with Crippen molar-refractivity contribution in [3.63, 3.8) is 0 Å². The first kappa shape index (κ1) is 44.6. The van der Waals surface area contributed by atoms with E-state index < -0.39 is 66.5 Å². The molecule has 2 aromatic heterocycles. The number of rotatable bonds is 16. The first-order valence-electron chi connectivity index (χ1n) is 19.3. The molecule has 5 rings (SSSR count). The number of aromatic nitrogens is 4. The predicted molar refractivity (Wildman–Crippen MR) is 206 cm³/mol. The van der Waals surface area contributed by atoms with E-state index in [-0.39, 0.29) is 56.4 Å². The number of methoxy groups -OCH3 is 1. The van der Waals surface area contributed by atoms with Crippen molar-refractivity contribution in [1.82, 2.24) is 19.7 Å². The smallest absolute Gasteiger partial charge is 0.416 e. The molecule has 2 aromatic rings. The normalized spacial score (nSPS) is 24.0. The lowest BCUT2D eigenvalue weighted by Gasteiger charge is -2.39. The van der Waals surface area contributed by atoms with Gasteiger partial charge in [-0.2, -0.15) is 15.1 Å². The molecule has 0 N–H and O–H groups in total. The molecule has 3 fully saturated rings. The van der Waals surface area contributed by atoms with Crippen molar-refractivity contribution in [2.45, 2.75) is 161 Å². The van der Waals surface area contributed by atoms with Crippen LogP contribution in [0, 0.1) is 0 Å². The first-order chi connectivity index (χ1) is 26.2. The van der Waals surface area contributed by atoms with Crippen LogP contribution in [0.15, 0.2) is 6.20 Å². The summed E-state index contributed by atoms with van der Waals surface area (Å²) >= 11 is 6.59. The molecule has 2 saturated heterocycles. The number of carbonyl (C=O) groups excluding carboxylic acids is 2. The Morgan fingerprint density at radius 2 is 1.62 bits per heavy atom. The van der Waals surface area contributed by atoms with Gasteiger partial charge in [0.15, 0.2) is 28.8 Å². The Labute approximate surface area is 334 Å². The van der Waals surface area contributed by atoms with E-state index in [1.807, 2.05) is 20.8 Å². The summed E-state index contributed by atoms with van der Waals surface area (Å²) in [5, 5.41) is 3.31. The number of halogens is 1. The lowest BCUT2D eigenvalue weighted by Crippen LogP contribution is -2.44. The highest BCUT2D eigenvalue weighted by Crippen LogP contribution is 2.63. The molecule has 0 spiro atoms. The first-order valence-corrected chi connectivity index (χ1v) is 21.3. The summed E-state index contributed by atoms with van der Waals surface area (Å²) in [6.07, 6.45) is 1.04. The SMILES string of the molecule is CCOP(=O)(OCC)C(CCC(=O)OC(C)(C)C)(COC)OC[C@H]1O[C@@H](n2ncc3c(N(C(=O)OC(C)(C)C)C4CCCC4)nc(Cl)nc32)[C@@H]2OC(C)(C)O[C@@H]21. The Morgan fingerprint density at radius 1 is 1.00 bits per heavy atom. The van der Waals surface area contributed by atoms with Gasteiger partial charge in [-0.15, -0.1) is 0 Å². The van der Waals surface area contributed by atoms with Gasteiger partial charge in [-0.25, -0.2) is 9.48 Å². The van der Waals surface area contributed by atoms with Crippen molar-refractivity contribution >= 4 is 48.1 Å². The van der Waals surface area contributed by atoms with Crippen molar-refractivity contribution in [1.29, 1.82) is 0 Å². The number of ether oxygens (including phenoxy) is 7. The van der Waals surface area contributed by atoms with Crippen LogP contribution in [0.4, 0.5) is 10.6 Å². The van der Waals surface area contributed by atoms with E-state index in [9.17, 15) is 14.2 Å². The number of esters is 1. The topological polar surface area (TPSA) is 181 Å². The molecule has 0 aromatic carbocycles. The third-order valence-electron chi connectivity index (χ3n) is 9.40. The summed E-state index contributed by atoms with van der Waals surface area (Å²) in [7, 11) is -2.68. The van der Waals surface area contributed by atoms with Crippen LogP contribution in [0.25, 0.3) is 11.0 Å². The molecule has 1 aliphatic carbocycles. The zero-order valence-corrected chi connectivity index (χ0v) is 36.1. The van der Waals surface area contributed by atoms with Crippen LogP contribution in [0.2, 0.25) is 5.28 Å². The van der Waals surface area contributed by atoms with Crippen molar-refractivity contribution in [3.8, 4) is 0 Å². The predicted octanol–water partition coefficient (Wildman–Crippen LogP) is 7.33. The zero-order valence-electron chi connectivity index (χ0n) is 34.5. The highest BCUT2D eigenvalue weighted by molar-refractivity contribution is 7.55. The molecule has 4 heterocycles. The number of anilines is 1. The molecule has 316 valence electrons. The monoisotopic (exact) mass is 831 g/mol. The second-order valence-electron chi connectivity index (χ2n) is 16.7. The third kappa shape index (κ3) is 10.0.